The number of rotatable bonds is 6. The number of methoxy groups -OCH3 is 1. The van der Waals surface area contributed by atoms with Crippen LogP contribution in [0, 0.1) is 5.92 Å². The lowest BCUT2D eigenvalue weighted by atomic mass is 9.95. The van der Waals surface area contributed by atoms with Gasteiger partial charge in [0.15, 0.2) is 0 Å². The van der Waals surface area contributed by atoms with Crippen molar-refractivity contribution in [1.82, 2.24) is 10.3 Å². The zero-order valence-corrected chi connectivity index (χ0v) is 18.1. The number of ether oxygens (including phenoxy) is 1. The highest BCUT2D eigenvalue weighted by Gasteiger charge is 2.26. The molecule has 0 aliphatic carbocycles. The average Bonchev–Trinajstić information content (AvgIpc) is 3.23. The lowest BCUT2D eigenvalue weighted by Gasteiger charge is -2.33. The molecule has 1 saturated heterocycles. The molecule has 1 aliphatic heterocycles. The van der Waals surface area contributed by atoms with Gasteiger partial charge in [0.1, 0.15) is 0 Å². The van der Waals surface area contributed by atoms with Crippen LogP contribution in [0.5, 0.6) is 0 Å². The topological polar surface area (TPSA) is 54.5 Å². The van der Waals surface area contributed by atoms with E-state index < -0.39 is 0 Å². The maximum Gasteiger partial charge on any atom is 0.223 e. The summed E-state index contributed by atoms with van der Waals surface area (Å²) < 4.78 is 6.23. The summed E-state index contributed by atoms with van der Waals surface area (Å²) in [5.41, 5.74) is 4.41. The monoisotopic (exact) mass is 431 g/mol. The van der Waals surface area contributed by atoms with Crippen molar-refractivity contribution in [2.75, 3.05) is 38.3 Å². The summed E-state index contributed by atoms with van der Waals surface area (Å²) in [5.74, 6) is 0.236. The summed E-state index contributed by atoms with van der Waals surface area (Å²) >= 11 is 1.73. The third kappa shape index (κ3) is 4.89. The van der Waals surface area contributed by atoms with Gasteiger partial charge in [-0.15, -0.1) is 23.7 Å². The molecule has 7 heteroatoms. The molecule has 3 aromatic rings. The smallest absolute Gasteiger partial charge is 0.223 e. The zero-order chi connectivity index (χ0) is 19.3. The number of piperidine rings is 1. The van der Waals surface area contributed by atoms with E-state index in [-0.39, 0.29) is 24.2 Å². The van der Waals surface area contributed by atoms with Crippen molar-refractivity contribution in [3.05, 3.63) is 47.8 Å². The van der Waals surface area contributed by atoms with Crippen molar-refractivity contribution in [3.8, 4) is 11.3 Å². The van der Waals surface area contributed by atoms with Gasteiger partial charge in [0.2, 0.25) is 5.91 Å². The number of nitrogens with zero attached hydrogens (tertiary/aromatic N) is 2. The third-order valence-corrected chi connectivity index (χ3v) is 6.20. The van der Waals surface area contributed by atoms with Crippen molar-refractivity contribution < 1.29 is 9.53 Å². The molecule has 0 atom stereocenters. The van der Waals surface area contributed by atoms with Gasteiger partial charge < -0.3 is 15.0 Å². The molecule has 3 heterocycles. The van der Waals surface area contributed by atoms with E-state index in [0.29, 0.717) is 13.2 Å². The lowest BCUT2D eigenvalue weighted by Crippen LogP contribution is -2.41. The van der Waals surface area contributed by atoms with E-state index >= 15 is 0 Å². The van der Waals surface area contributed by atoms with Crippen LogP contribution in [-0.4, -0.2) is 44.2 Å². The Morgan fingerprint density at radius 2 is 2.00 bits per heavy atom. The standard InChI is InChI=1S/C22H25N3O2S.ClH/c1-27-13-10-23-22(26)17-7-11-25(12-8-17)20-15-19(16-5-3-2-4-6-16)24-18-9-14-28-21(18)20;/h2-6,9,14-15,17H,7-8,10-13H2,1H3,(H,23,26);1H. The Labute approximate surface area is 181 Å². The Hall–Kier alpha value is -2.15. The molecule has 2 aromatic heterocycles. The minimum atomic E-state index is 0. The number of amides is 1. The fraction of sp³-hybridized carbons (Fsp3) is 0.364. The van der Waals surface area contributed by atoms with Gasteiger partial charge in [0.05, 0.1) is 28.2 Å². The summed E-state index contributed by atoms with van der Waals surface area (Å²) in [6.45, 7) is 2.90. The summed E-state index contributed by atoms with van der Waals surface area (Å²) in [6.07, 6.45) is 1.74. The molecule has 1 aliphatic rings. The quantitative estimate of drug-likeness (QED) is 0.589. The largest absolute Gasteiger partial charge is 0.383 e. The molecule has 0 saturated carbocycles. The number of fused-ring (bicyclic) bond motifs is 1. The molecule has 1 fully saturated rings. The van der Waals surface area contributed by atoms with Gasteiger partial charge in [0.25, 0.3) is 0 Å². The number of aromatic nitrogens is 1. The number of nitrogens with one attached hydrogen (secondary N) is 1. The van der Waals surface area contributed by atoms with Gasteiger partial charge >= 0.3 is 0 Å². The number of pyridine rings is 1. The Morgan fingerprint density at radius 3 is 2.72 bits per heavy atom. The van der Waals surface area contributed by atoms with E-state index in [9.17, 15) is 4.79 Å². The number of benzene rings is 1. The van der Waals surface area contributed by atoms with E-state index in [1.807, 2.05) is 18.2 Å². The van der Waals surface area contributed by atoms with E-state index in [4.69, 9.17) is 9.72 Å². The number of hydrogen-bond acceptors (Lipinski definition) is 5. The maximum absolute atomic E-state index is 12.3. The molecular formula is C22H26ClN3O2S. The number of hydrogen-bond donors (Lipinski definition) is 1. The van der Waals surface area contributed by atoms with Crippen LogP contribution in [0.4, 0.5) is 5.69 Å². The minimum absolute atomic E-state index is 0. The average molecular weight is 432 g/mol. The molecule has 29 heavy (non-hydrogen) atoms. The van der Waals surface area contributed by atoms with Crippen LogP contribution in [-0.2, 0) is 9.53 Å². The minimum Gasteiger partial charge on any atom is -0.383 e. The first-order chi connectivity index (χ1) is 13.8. The molecule has 0 bridgehead atoms. The highest BCUT2D eigenvalue weighted by Crippen LogP contribution is 2.36. The fourth-order valence-electron chi connectivity index (χ4n) is 3.73. The van der Waals surface area contributed by atoms with E-state index in [0.717, 1.165) is 42.7 Å². The number of carbonyl (C=O) groups is 1. The van der Waals surface area contributed by atoms with Gasteiger partial charge in [-0.2, -0.15) is 0 Å². The second-order valence-electron chi connectivity index (χ2n) is 7.07. The molecule has 0 spiro atoms. The van der Waals surface area contributed by atoms with E-state index in [2.05, 4.69) is 39.9 Å². The first-order valence-electron chi connectivity index (χ1n) is 9.71. The van der Waals surface area contributed by atoms with Crippen molar-refractivity contribution in [2.45, 2.75) is 12.8 Å². The molecule has 0 unspecified atom stereocenters. The Morgan fingerprint density at radius 1 is 1.24 bits per heavy atom. The van der Waals surface area contributed by atoms with Crippen LogP contribution in [0.3, 0.4) is 0 Å². The SMILES string of the molecule is COCCNC(=O)C1CCN(c2cc(-c3ccccc3)nc3ccsc23)CC1.Cl. The third-order valence-electron chi connectivity index (χ3n) is 5.27. The number of thiophene rings is 1. The van der Waals surface area contributed by atoms with Crippen LogP contribution < -0.4 is 10.2 Å². The molecule has 5 nitrogen and oxygen atoms in total. The Balaban J connectivity index is 0.00000240. The highest BCUT2D eigenvalue weighted by atomic mass is 35.5. The second-order valence-corrected chi connectivity index (χ2v) is 7.99. The van der Waals surface area contributed by atoms with Crippen LogP contribution in [0.2, 0.25) is 0 Å². The molecule has 1 amide bonds. The molecule has 154 valence electrons. The highest BCUT2D eigenvalue weighted by molar-refractivity contribution is 7.17. The van der Waals surface area contributed by atoms with Crippen LogP contribution >= 0.6 is 23.7 Å². The van der Waals surface area contributed by atoms with E-state index in [1.165, 1.54) is 10.4 Å². The van der Waals surface area contributed by atoms with Gasteiger partial charge in [-0.05, 0) is 30.4 Å². The normalized spacial score (nSPS) is 14.6. The van der Waals surface area contributed by atoms with Crippen LogP contribution in [0.25, 0.3) is 21.5 Å². The summed E-state index contributed by atoms with van der Waals surface area (Å²) in [4.78, 5) is 19.6. The maximum atomic E-state index is 12.3. The first-order valence-corrected chi connectivity index (χ1v) is 10.6. The molecule has 1 N–H and O–H groups in total. The zero-order valence-electron chi connectivity index (χ0n) is 16.5. The van der Waals surface area contributed by atoms with E-state index in [1.54, 1.807) is 18.4 Å². The van der Waals surface area contributed by atoms with Crippen molar-refractivity contribution in [2.24, 2.45) is 5.92 Å². The summed E-state index contributed by atoms with van der Waals surface area (Å²) in [6, 6.07) is 14.6. The Kier molecular flexibility index (Phi) is 7.47. The van der Waals surface area contributed by atoms with Crippen molar-refractivity contribution in [3.63, 3.8) is 0 Å². The van der Waals surface area contributed by atoms with Crippen LogP contribution in [0.1, 0.15) is 12.8 Å². The lowest BCUT2D eigenvalue weighted by molar-refractivity contribution is -0.125. The van der Waals surface area contributed by atoms with Crippen molar-refractivity contribution in [1.29, 1.82) is 0 Å². The van der Waals surface area contributed by atoms with Gasteiger partial charge in [-0.25, -0.2) is 4.98 Å². The number of anilines is 1. The Bertz CT molecular complexity index is 940. The van der Waals surface area contributed by atoms with Crippen molar-refractivity contribution >= 4 is 45.6 Å². The predicted octanol–water partition coefficient (Wildman–Crippen LogP) is 4.36. The fourth-order valence-corrected chi connectivity index (χ4v) is 4.61. The molecule has 1 aromatic carbocycles. The van der Waals surface area contributed by atoms with Crippen LogP contribution in [0.15, 0.2) is 47.8 Å². The predicted molar refractivity (Wildman–Crippen MR) is 122 cm³/mol. The summed E-state index contributed by atoms with van der Waals surface area (Å²) in [7, 11) is 1.65. The summed E-state index contributed by atoms with van der Waals surface area (Å²) in [5, 5.41) is 5.08. The van der Waals surface area contributed by atoms with Gasteiger partial charge in [-0.3, -0.25) is 4.79 Å². The molecular weight excluding hydrogens is 406 g/mol. The first kappa shape index (κ1) is 21.6. The molecule has 0 radical (unpaired) electrons. The second kappa shape index (κ2) is 10.1. The van der Waals surface area contributed by atoms with Gasteiger partial charge in [-0.1, -0.05) is 30.3 Å². The van der Waals surface area contributed by atoms with Gasteiger partial charge in [0, 0.05) is 38.2 Å². The number of halogens is 1. The number of carbonyl (C=O) groups excluding carboxylic acids is 1. The molecule has 4 rings (SSSR count).